The first-order valence-electron chi connectivity index (χ1n) is 35.6. The van der Waals surface area contributed by atoms with Gasteiger partial charge in [0.15, 0.2) is 12.2 Å². The van der Waals surface area contributed by atoms with E-state index in [4.69, 9.17) is 37.0 Å². The molecule has 0 aliphatic heterocycles. The number of unbranched alkanes of at least 4 members (excludes halogenated alkanes) is 40. The number of carbonyl (C=O) groups is 4. The summed E-state index contributed by atoms with van der Waals surface area (Å²) in [5.74, 6) is -1.33. The van der Waals surface area contributed by atoms with Crippen molar-refractivity contribution in [3.63, 3.8) is 0 Å². The molecule has 516 valence electrons. The largest absolute Gasteiger partial charge is 0.472 e. The van der Waals surface area contributed by atoms with Crippen LogP contribution in [0.5, 0.6) is 0 Å². The Labute approximate surface area is 530 Å². The molecule has 0 radical (unpaired) electrons. The van der Waals surface area contributed by atoms with E-state index < -0.39 is 97.5 Å². The summed E-state index contributed by atoms with van der Waals surface area (Å²) in [7, 11) is -9.88. The molecule has 0 aromatic rings. The number of ether oxygens (including phenoxy) is 4. The molecule has 17 nitrogen and oxygen atoms in total. The molecule has 0 aromatic carbocycles. The zero-order valence-electron chi connectivity index (χ0n) is 56.2. The minimum Gasteiger partial charge on any atom is -0.462 e. The van der Waals surface area contributed by atoms with Gasteiger partial charge in [-0.2, -0.15) is 0 Å². The molecule has 0 heterocycles. The fraction of sp³-hybridized carbons (Fsp3) is 0.941. The molecule has 0 bridgehead atoms. The molecule has 2 unspecified atom stereocenters. The molecule has 0 amide bonds. The maximum absolute atomic E-state index is 13.0. The van der Waals surface area contributed by atoms with Crippen molar-refractivity contribution in [1.29, 1.82) is 0 Å². The molecule has 87 heavy (non-hydrogen) atoms. The van der Waals surface area contributed by atoms with E-state index in [1.54, 1.807) is 0 Å². The van der Waals surface area contributed by atoms with Crippen LogP contribution in [0.1, 0.15) is 349 Å². The van der Waals surface area contributed by atoms with Gasteiger partial charge in [0.05, 0.1) is 26.4 Å². The highest BCUT2D eigenvalue weighted by Crippen LogP contribution is 2.45. The predicted octanol–water partition coefficient (Wildman–Crippen LogP) is 19.4. The fourth-order valence-corrected chi connectivity index (χ4v) is 11.9. The lowest BCUT2D eigenvalue weighted by Gasteiger charge is -2.21. The van der Waals surface area contributed by atoms with Crippen molar-refractivity contribution in [2.75, 3.05) is 39.6 Å². The molecule has 3 N–H and O–H groups in total. The van der Waals surface area contributed by atoms with Gasteiger partial charge in [0.25, 0.3) is 0 Å². The van der Waals surface area contributed by atoms with Gasteiger partial charge in [0.1, 0.15) is 19.3 Å². The Hall–Kier alpha value is -1.94. The molecular weight excluding hydrogens is 1150 g/mol. The van der Waals surface area contributed by atoms with E-state index in [2.05, 4.69) is 34.6 Å². The van der Waals surface area contributed by atoms with Crippen LogP contribution in [-0.2, 0) is 65.4 Å². The number of carbonyl (C=O) groups excluding carboxylic acids is 4. The van der Waals surface area contributed by atoms with Crippen LogP contribution in [0.2, 0.25) is 0 Å². The lowest BCUT2D eigenvalue weighted by atomic mass is 10.0. The second-order valence-corrected chi connectivity index (χ2v) is 27.9. The molecule has 0 aromatic heterocycles. The van der Waals surface area contributed by atoms with Crippen molar-refractivity contribution in [1.82, 2.24) is 0 Å². The molecular formula is C68H132O17P2. The molecule has 19 heteroatoms. The van der Waals surface area contributed by atoms with Crippen LogP contribution in [0, 0.1) is 5.92 Å². The van der Waals surface area contributed by atoms with Crippen molar-refractivity contribution in [2.24, 2.45) is 5.92 Å². The van der Waals surface area contributed by atoms with Gasteiger partial charge in [-0.25, -0.2) is 9.13 Å². The summed E-state index contributed by atoms with van der Waals surface area (Å²) in [6.45, 7) is 7.17. The Balaban J connectivity index is 5.15. The first kappa shape index (κ1) is 85.1. The van der Waals surface area contributed by atoms with E-state index in [9.17, 15) is 43.2 Å². The third kappa shape index (κ3) is 62.6. The molecule has 0 aliphatic carbocycles. The summed E-state index contributed by atoms with van der Waals surface area (Å²) >= 11 is 0. The number of aliphatic hydroxyl groups is 1. The van der Waals surface area contributed by atoms with Gasteiger partial charge in [-0.3, -0.25) is 37.3 Å². The highest BCUT2D eigenvalue weighted by Gasteiger charge is 2.30. The Bertz CT molecular complexity index is 1690. The van der Waals surface area contributed by atoms with Crippen molar-refractivity contribution in [2.45, 2.75) is 368 Å². The SMILES string of the molecule is CCCCCCCCCCCCCCCCCC(=O)OC[C@H](COP(=O)(O)OC[C@@H](O)COP(=O)(O)OC[C@@H](COC(=O)CCCCCCCCC)OC(=O)CCCCCCCCC)OC(=O)CCCCCCCCCCCCCCCCCC(C)C. The van der Waals surface area contributed by atoms with Crippen LogP contribution < -0.4 is 0 Å². The second kappa shape index (κ2) is 61.6. The standard InChI is InChI=1S/C68H132O17P2/c1-6-9-12-15-18-19-20-21-23-27-30-33-38-42-47-52-66(71)79-58-64(85-68(73)54-49-44-39-34-31-28-25-22-24-26-29-32-37-40-45-50-61(4)5)60-83-87(76,77)81-56-62(69)55-80-86(74,75)82-59-63(84-67(72)53-48-43-36-17-14-11-8-3)57-78-65(70)51-46-41-35-16-13-10-7-2/h61-64,69H,6-60H2,1-5H3,(H,74,75)(H,76,77)/t62-,63+,64+/m0/s1. The zero-order valence-corrected chi connectivity index (χ0v) is 57.9. The van der Waals surface area contributed by atoms with E-state index in [1.807, 2.05) is 0 Å². The first-order valence-corrected chi connectivity index (χ1v) is 38.6. The van der Waals surface area contributed by atoms with Gasteiger partial charge in [-0.05, 0) is 31.6 Å². The van der Waals surface area contributed by atoms with Gasteiger partial charge >= 0.3 is 39.5 Å². The summed E-state index contributed by atoms with van der Waals surface area (Å²) in [4.78, 5) is 72.2. The summed E-state index contributed by atoms with van der Waals surface area (Å²) in [6.07, 6.45) is 47.5. The van der Waals surface area contributed by atoms with Crippen LogP contribution in [-0.4, -0.2) is 96.7 Å². The first-order chi connectivity index (χ1) is 42.0. The van der Waals surface area contributed by atoms with Gasteiger partial charge in [0.2, 0.25) is 0 Å². The summed E-state index contributed by atoms with van der Waals surface area (Å²) in [5, 5.41) is 10.5. The van der Waals surface area contributed by atoms with Crippen molar-refractivity contribution in [3.8, 4) is 0 Å². The van der Waals surface area contributed by atoms with Crippen LogP contribution in [0.4, 0.5) is 0 Å². The summed E-state index contributed by atoms with van der Waals surface area (Å²) < 4.78 is 68.0. The van der Waals surface area contributed by atoms with Gasteiger partial charge in [-0.15, -0.1) is 0 Å². The van der Waals surface area contributed by atoms with E-state index in [1.165, 1.54) is 148 Å². The van der Waals surface area contributed by atoms with Crippen molar-refractivity contribution in [3.05, 3.63) is 0 Å². The Morgan fingerprint density at radius 1 is 0.310 bits per heavy atom. The van der Waals surface area contributed by atoms with Crippen LogP contribution in [0.3, 0.4) is 0 Å². The zero-order chi connectivity index (χ0) is 64.2. The van der Waals surface area contributed by atoms with Crippen LogP contribution in [0.25, 0.3) is 0 Å². The third-order valence-electron chi connectivity index (χ3n) is 15.8. The van der Waals surface area contributed by atoms with Crippen molar-refractivity contribution >= 4 is 39.5 Å². The summed E-state index contributed by atoms with van der Waals surface area (Å²) in [6, 6.07) is 0. The molecule has 0 fully saturated rings. The van der Waals surface area contributed by atoms with Crippen molar-refractivity contribution < 1.29 is 80.2 Å². The lowest BCUT2D eigenvalue weighted by molar-refractivity contribution is -0.161. The second-order valence-electron chi connectivity index (χ2n) is 25.0. The smallest absolute Gasteiger partial charge is 0.462 e. The average molecular weight is 1280 g/mol. The van der Waals surface area contributed by atoms with E-state index in [0.717, 1.165) is 121 Å². The van der Waals surface area contributed by atoms with E-state index in [0.29, 0.717) is 25.7 Å². The van der Waals surface area contributed by atoms with Gasteiger partial charge in [-0.1, -0.05) is 298 Å². The number of phosphoric acid groups is 2. The maximum atomic E-state index is 13.0. The Morgan fingerprint density at radius 2 is 0.529 bits per heavy atom. The minimum atomic E-state index is -4.95. The third-order valence-corrected chi connectivity index (χ3v) is 17.7. The summed E-state index contributed by atoms with van der Waals surface area (Å²) in [5.41, 5.74) is 0. The Morgan fingerprint density at radius 3 is 0.782 bits per heavy atom. The number of aliphatic hydroxyl groups excluding tert-OH is 1. The lowest BCUT2D eigenvalue weighted by Crippen LogP contribution is -2.30. The minimum absolute atomic E-state index is 0.104. The quantitative estimate of drug-likeness (QED) is 0.0222. The molecule has 0 saturated heterocycles. The molecule has 0 spiro atoms. The molecule has 5 atom stereocenters. The Kier molecular flexibility index (Phi) is 60.2. The number of esters is 4. The highest BCUT2D eigenvalue weighted by atomic mass is 31.2. The van der Waals surface area contributed by atoms with Crippen LogP contribution >= 0.6 is 15.6 Å². The monoisotopic (exact) mass is 1280 g/mol. The topological polar surface area (TPSA) is 237 Å². The average Bonchev–Trinajstić information content (AvgIpc) is 3.64. The molecule has 0 rings (SSSR count). The number of hydrogen-bond acceptors (Lipinski definition) is 15. The highest BCUT2D eigenvalue weighted by molar-refractivity contribution is 7.47. The van der Waals surface area contributed by atoms with Crippen LogP contribution in [0.15, 0.2) is 0 Å². The maximum Gasteiger partial charge on any atom is 0.472 e. The van der Waals surface area contributed by atoms with Gasteiger partial charge in [0, 0.05) is 25.7 Å². The van der Waals surface area contributed by atoms with Gasteiger partial charge < -0.3 is 33.8 Å². The normalized spacial score (nSPS) is 14.1. The number of phosphoric ester groups is 2. The van der Waals surface area contributed by atoms with E-state index >= 15 is 0 Å². The number of hydrogen-bond donors (Lipinski definition) is 3. The number of rotatable bonds is 68. The molecule has 0 saturated carbocycles. The predicted molar refractivity (Wildman–Crippen MR) is 349 cm³/mol. The van der Waals surface area contributed by atoms with E-state index in [-0.39, 0.29) is 25.7 Å². The molecule has 0 aliphatic rings. The fourth-order valence-electron chi connectivity index (χ4n) is 10.3.